The van der Waals surface area contributed by atoms with E-state index in [4.69, 9.17) is 9.47 Å². The average Bonchev–Trinajstić information content (AvgIpc) is 3.11. The molecule has 1 aliphatic rings. The Kier molecular flexibility index (Phi) is 30.6. The lowest BCUT2D eigenvalue weighted by molar-refractivity contribution is -0.302. The third kappa shape index (κ3) is 23.5. The van der Waals surface area contributed by atoms with Crippen molar-refractivity contribution in [2.24, 2.45) is 0 Å². The molecule has 1 amide bonds. The van der Waals surface area contributed by atoms with Crippen LogP contribution in [0.3, 0.4) is 0 Å². The third-order valence-electron chi connectivity index (χ3n) is 10.1. The SMILES string of the molecule is CCCCCCCCCCCC/C=C/[C@@H](O)[C@H](CO[C@@H]1O[C@H](CO)[C@H](O)C(O)C1O)NC(=O)CCCCCCCCCCCCCCCCC. The maximum absolute atomic E-state index is 12.9. The number of allylic oxidation sites excluding steroid dienone is 1. The summed E-state index contributed by atoms with van der Waals surface area (Å²) in [5.74, 6) is -0.177. The Morgan fingerprint density at radius 1 is 0.660 bits per heavy atom. The largest absolute Gasteiger partial charge is 0.394 e. The summed E-state index contributed by atoms with van der Waals surface area (Å²) in [6, 6.07) is -0.796. The summed E-state index contributed by atoms with van der Waals surface area (Å²) in [5, 5.41) is 54.0. The monoisotopic (exact) mass is 714 g/mol. The van der Waals surface area contributed by atoms with E-state index < -0.39 is 49.5 Å². The molecule has 1 fully saturated rings. The highest BCUT2D eigenvalue weighted by molar-refractivity contribution is 5.76. The van der Waals surface area contributed by atoms with Crippen LogP contribution in [0.25, 0.3) is 0 Å². The number of carbonyl (C=O) groups excluding carboxylic acids is 1. The summed E-state index contributed by atoms with van der Waals surface area (Å²) in [6.07, 6.45) is 28.2. The zero-order valence-corrected chi connectivity index (χ0v) is 32.2. The molecule has 9 nitrogen and oxygen atoms in total. The molecule has 50 heavy (non-hydrogen) atoms. The molecule has 7 atom stereocenters. The molecule has 1 rings (SSSR count). The summed E-state index contributed by atoms with van der Waals surface area (Å²) < 4.78 is 11.2. The summed E-state index contributed by atoms with van der Waals surface area (Å²) in [5.41, 5.74) is 0. The van der Waals surface area contributed by atoms with Crippen LogP contribution in [0.4, 0.5) is 0 Å². The van der Waals surface area contributed by atoms with Gasteiger partial charge in [0.15, 0.2) is 6.29 Å². The summed E-state index contributed by atoms with van der Waals surface area (Å²) in [4.78, 5) is 12.9. The molecule has 0 bridgehead atoms. The van der Waals surface area contributed by atoms with Gasteiger partial charge in [-0.25, -0.2) is 0 Å². The number of nitrogens with one attached hydrogen (secondary N) is 1. The molecule has 1 saturated heterocycles. The predicted molar refractivity (Wildman–Crippen MR) is 203 cm³/mol. The number of hydrogen-bond donors (Lipinski definition) is 6. The second kappa shape index (κ2) is 32.6. The fraction of sp³-hybridized carbons (Fsp3) is 0.927. The first-order valence-electron chi connectivity index (χ1n) is 20.9. The number of rotatable bonds is 34. The zero-order chi connectivity index (χ0) is 36.7. The fourth-order valence-corrected chi connectivity index (χ4v) is 6.68. The number of aliphatic hydroxyl groups is 5. The molecule has 0 aromatic heterocycles. The van der Waals surface area contributed by atoms with Crippen molar-refractivity contribution in [1.29, 1.82) is 0 Å². The van der Waals surface area contributed by atoms with E-state index in [-0.39, 0.29) is 12.5 Å². The van der Waals surface area contributed by atoms with Crippen LogP contribution in [0.1, 0.15) is 187 Å². The van der Waals surface area contributed by atoms with Crippen molar-refractivity contribution in [3.05, 3.63) is 12.2 Å². The van der Waals surface area contributed by atoms with E-state index >= 15 is 0 Å². The van der Waals surface area contributed by atoms with Gasteiger partial charge in [-0.05, 0) is 19.3 Å². The van der Waals surface area contributed by atoms with Crippen molar-refractivity contribution in [3.63, 3.8) is 0 Å². The van der Waals surface area contributed by atoms with Crippen LogP contribution >= 0.6 is 0 Å². The van der Waals surface area contributed by atoms with Crippen molar-refractivity contribution in [2.75, 3.05) is 13.2 Å². The van der Waals surface area contributed by atoms with Gasteiger partial charge in [0.2, 0.25) is 5.91 Å². The molecule has 0 saturated carbocycles. The molecule has 296 valence electrons. The second-order valence-corrected chi connectivity index (χ2v) is 14.8. The van der Waals surface area contributed by atoms with Crippen LogP contribution in [0.15, 0.2) is 12.2 Å². The molecule has 6 N–H and O–H groups in total. The van der Waals surface area contributed by atoms with Crippen LogP contribution in [0, 0.1) is 0 Å². The number of aliphatic hydroxyl groups excluding tert-OH is 5. The Morgan fingerprint density at radius 3 is 1.56 bits per heavy atom. The van der Waals surface area contributed by atoms with E-state index in [9.17, 15) is 30.3 Å². The minimum atomic E-state index is -1.56. The Labute approximate surface area is 306 Å². The van der Waals surface area contributed by atoms with E-state index in [2.05, 4.69) is 19.2 Å². The van der Waals surface area contributed by atoms with Crippen LogP contribution in [-0.2, 0) is 14.3 Å². The second-order valence-electron chi connectivity index (χ2n) is 14.8. The molecule has 2 unspecified atom stereocenters. The first-order chi connectivity index (χ1) is 24.3. The molecule has 1 aliphatic heterocycles. The maximum atomic E-state index is 12.9. The lowest BCUT2D eigenvalue weighted by atomic mass is 9.99. The van der Waals surface area contributed by atoms with Crippen molar-refractivity contribution in [1.82, 2.24) is 5.32 Å². The van der Waals surface area contributed by atoms with Crippen LogP contribution < -0.4 is 5.32 Å². The Hall–Kier alpha value is -1.07. The van der Waals surface area contributed by atoms with Gasteiger partial charge in [0, 0.05) is 6.42 Å². The van der Waals surface area contributed by atoms with E-state index in [0.717, 1.165) is 38.5 Å². The van der Waals surface area contributed by atoms with Crippen molar-refractivity contribution >= 4 is 5.91 Å². The van der Waals surface area contributed by atoms with Crippen LogP contribution in [0.5, 0.6) is 0 Å². The minimum absolute atomic E-state index is 0.177. The average molecular weight is 714 g/mol. The number of ether oxygens (including phenoxy) is 2. The van der Waals surface area contributed by atoms with Gasteiger partial charge in [0.1, 0.15) is 24.4 Å². The Morgan fingerprint density at radius 2 is 1.10 bits per heavy atom. The van der Waals surface area contributed by atoms with Gasteiger partial charge in [0.05, 0.1) is 25.4 Å². The van der Waals surface area contributed by atoms with Gasteiger partial charge in [-0.3, -0.25) is 4.79 Å². The van der Waals surface area contributed by atoms with Crippen LogP contribution in [-0.4, -0.2) is 87.5 Å². The topological polar surface area (TPSA) is 149 Å². The van der Waals surface area contributed by atoms with Crippen LogP contribution in [0.2, 0.25) is 0 Å². The van der Waals surface area contributed by atoms with Gasteiger partial charge in [-0.2, -0.15) is 0 Å². The quantitative estimate of drug-likeness (QED) is 0.0293. The van der Waals surface area contributed by atoms with Gasteiger partial charge < -0.3 is 40.3 Å². The third-order valence-corrected chi connectivity index (χ3v) is 10.1. The summed E-state index contributed by atoms with van der Waals surface area (Å²) >= 11 is 0. The molecule has 0 aromatic carbocycles. The fourth-order valence-electron chi connectivity index (χ4n) is 6.68. The minimum Gasteiger partial charge on any atom is -0.394 e. The highest BCUT2D eigenvalue weighted by Crippen LogP contribution is 2.22. The molecule has 0 radical (unpaired) electrons. The molecular weight excluding hydrogens is 634 g/mol. The van der Waals surface area contributed by atoms with Crippen molar-refractivity contribution < 1.29 is 39.8 Å². The zero-order valence-electron chi connectivity index (χ0n) is 32.2. The first kappa shape index (κ1) is 47.0. The summed E-state index contributed by atoms with van der Waals surface area (Å²) in [6.45, 7) is 3.76. The van der Waals surface area contributed by atoms with E-state index in [1.807, 2.05) is 6.08 Å². The van der Waals surface area contributed by atoms with E-state index in [1.54, 1.807) is 6.08 Å². The normalized spacial score (nSPS) is 22.3. The maximum Gasteiger partial charge on any atom is 0.220 e. The highest BCUT2D eigenvalue weighted by atomic mass is 16.7. The Balaban J connectivity index is 2.40. The van der Waals surface area contributed by atoms with E-state index in [1.165, 1.54) is 128 Å². The van der Waals surface area contributed by atoms with Crippen molar-refractivity contribution in [3.8, 4) is 0 Å². The smallest absolute Gasteiger partial charge is 0.220 e. The predicted octanol–water partition coefficient (Wildman–Crippen LogP) is 7.78. The standard InChI is InChI=1S/C41H79NO8/c1-3-5-7-9-11-13-15-17-18-19-21-23-25-27-29-31-37(45)42-34(33-49-41-40(48)39(47)38(46)36(32-43)50-41)35(44)30-28-26-24-22-20-16-14-12-10-8-6-4-2/h28,30,34-36,38-41,43-44,46-48H,3-27,29,31-33H2,1-2H3,(H,42,45)/b30-28+/t34-,35+,36+,38-,39?,40?,41+/m0/s1. The van der Waals surface area contributed by atoms with Gasteiger partial charge in [-0.15, -0.1) is 0 Å². The first-order valence-corrected chi connectivity index (χ1v) is 20.9. The lowest BCUT2D eigenvalue weighted by Gasteiger charge is -2.40. The Bertz CT molecular complexity index is 797. The van der Waals surface area contributed by atoms with Gasteiger partial charge >= 0.3 is 0 Å². The van der Waals surface area contributed by atoms with Crippen molar-refractivity contribution in [2.45, 2.75) is 230 Å². The van der Waals surface area contributed by atoms with Gasteiger partial charge in [-0.1, -0.05) is 174 Å². The number of hydrogen-bond acceptors (Lipinski definition) is 8. The number of carbonyl (C=O) groups is 1. The highest BCUT2D eigenvalue weighted by Gasteiger charge is 2.44. The molecular formula is C41H79NO8. The molecule has 9 heteroatoms. The molecule has 1 heterocycles. The van der Waals surface area contributed by atoms with Gasteiger partial charge in [0.25, 0.3) is 0 Å². The van der Waals surface area contributed by atoms with E-state index in [0.29, 0.717) is 6.42 Å². The summed E-state index contributed by atoms with van der Waals surface area (Å²) in [7, 11) is 0. The molecule has 0 aliphatic carbocycles. The lowest BCUT2D eigenvalue weighted by Crippen LogP contribution is -2.60. The molecule has 0 spiro atoms. The number of amides is 1. The molecule has 0 aromatic rings. The number of unbranched alkanes of at least 4 members (excludes halogenated alkanes) is 24.